The van der Waals surface area contributed by atoms with Gasteiger partial charge in [-0.15, -0.1) is 5.10 Å². The number of carbonyl (C=O) groups excluding carboxylic acids is 1. The van der Waals surface area contributed by atoms with Gasteiger partial charge >= 0.3 is 0 Å². The van der Waals surface area contributed by atoms with E-state index in [4.69, 9.17) is 5.73 Å². The molecule has 1 aliphatic rings. The number of carbonyl (C=O) groups is 1. The summed E-state index contributed by atoms with van der Waals surface area (Å²) >= 11 is 0. The summed E-state index contributed by atoms with van der Waals surface area (Å²) in [4.78, 5) is 17.9. The van der Waals surface area contributed by atoms with Gasteiger partial charge in [-0.3, -0.25) is 9.89 Å². The van der Waals surface area contributed by atoms with E-state index in [0.29, 0.717) is 5.92 Å². The number of nitrogens with zero attached hydrogens (tertiary/aromatic N) is 3. The number of nitrogen functional groups attached to an aromatic ring is 1. The quantitative estimate of drug-likeness (QED) is 0.642. The van der Waals surface area contributed by atoms with Crippen molar-refractivity contribution in [2.24, 2.45) is 5.92 Å². The number of aromatic nitrogens is 3. The van der Waals surface area contributed by atoms with Gasteiger partial charge in [0.05, 0.1) is 0 Å². The van der Waals surface area contributed by atoms with Crippen LogP contribution in [0.2, 0.25) is 0 Å². The van der Waals surface area contributed by atoms with Crippen LogP contribution in [-0.2, 0) is 0 Å². The van der Waals surface area contributed by atoms with Crippen LogP contribution >= 0.6 is 0 Å². The van der Waals surface area contributed by atoms with Gasteiger partial charge in [-0.25, -0.2) is 0 Å². The minimum Gasteiger partial charge on any atom is -0.366 e. The van der Waals surface area contributed by atoms with Crippen LogP contribution in [0, 0.1) is 5.92 Å². The van der Waals surface area contributed by atoms with Crippen molar-refractivity contribution < 1.29 is 4.79 Å². The van der Waals surface area contributed by atoms with Crippen molar-refractivity contribution in [2.45, 2.75) is 19.4 Å². The lowest BCUT2D eigenvalue weighted by Crippen LogP contribution is -2.49. The van der Waals surface area contributed by atoms with Crippen molar-refractivity contribution in [2.75, 3.05) is 25.9 Å². The average Bonchev–Trinajstić information content (AvgIpc) is 2.69. The second-order valence-corrected chi connectivity index (χ2v) is 4.65. The number of nitrogens with two attached hydrogens (primary N) is 1. The Bertz CT molecular complexity index is 403. The largest absolute Gasteiger partial charge is 0.366 e. The molecule has 2 atom stereocenters. The first-order valence-electron chi connectivity index (χ1n) is 5.73. The maximum absolute atomic E-state index is 11.8. The van der Waals surface area contributed by atoms with Gasteiger partial charge in [0.25, 0.3) is 5.91 Å². The Balaban J connectivity index is 1.95. The van der Waals surface area contributed by atoms with E-state index in [2.05, 4.69) is 39.4 Å². The summed E-state index contributed by atoms with van der Waals surface area (Å²) in [6.07, 6.45) is 0.951. The van der Waals surface area contributed by atoms with E-state index < -0.39 is 0 Å². The molecule has 7 nitrogen and oxygen atoms in total. The number of hydrogen-bond acceptors (Lipinski definition) is 5. The van der Waals surface area contributed by atoms with E-state index in [-0.39, 0.29) is 23.7 Å². The van der Waals surface area contributed by atoms with E-state index >= 15 is 0 Å². The zero-order valence-corrected chi connectivity index (χ0v) is 10.1. The number of amides is 1. The van der Waals surface area contributed by atoms with Crippen molar-refractivity contribution in [3.05, 3.63) is 5.82 Å². The SMILES string of the molecule is CC1CN(C)CCC1NC(=O)c1nc(N)n[nH]1. The summed E-state index contributed by atoms with van der Waals surface area (Å²) in [5, 5.41) is 9.11. The fourth-order valence-corrected chi connectivity index (χ4v) is 2.18. The van der Waals surface area contributed by atoms with E-state index in [1.54, 1.807) is 0 Å². The molecule has 17 heavy (non-hydrogen) atoms. The number of hydrogen-bond donors (Lipinski definition) is 3. The third-order valence-corrected chi connectivity index (χ3v) is 3.14. The van der Waals surface area contributed by atoms with Gasteiger partial charge < -0.3 is 16.0 Å². The van der Waals surface area contributed by atoms with Gasteiger partial charge in [0.2, 0.25) is 11.8 Å². The fraction of sp³-hybridized carbons (Fsp3) is 0.700. The van der Waals surface area contributed by atoms with E-state index in [1.165, 1.54) is 0 Å². The van der Waals surface area contributed by atoms with Crippen LogP contribution in [0.5, 0.6) is 0 Å². The molecule has 0 saturated carbocycles. The van der Waals surface area contributed by atoms with E-state index in [0.717, 1.165) is 19.5 Å². The zero-order chi connectivity index (χ0) is 12.4. The first-order valence-corrected chi connectivity index (χ1v) is 5.73. The molecule has 0 aromatic carbocycles. The van der Waals surface area contributed by atoms with Crippen molar-refractivity contribution in [1.29, 1.82) is 0 Å². The molecule has 2 unspecified atom stereocenters. The Hall–Kier alpha value is -1.63. The van der Waals surface area contributed by atoms with Gasteiger partial charge in [-0.1, -0.05) is 6.92 Å². The summed E-state index contributed by atoms with van der Waals surface area (Å²) < 4.78 is 0. The highest BCUT2D eigenvalue weighted by molar-refractivity contribution is 5.90. The molecule has 1 aliphatic heterocycles. The number of nitrogens with one attached hydrogen (secondary N) is 2. The Morgan fingerprint density at radius 2 is 2.41 bits per heavy atom. The fourth-order valence-electron chi connectivity index (χ4n) is 2.18. The Morgan fingerprint density at radius 1 is 1.65 bits per heavy atom. The van der Waals surface area contributed by atoms with Gasteiger partial charge in [0.15, 0.2) is 0 Å². The molecule has 0 aliphatic carbocycles. The molecule has 0 bridgehead atoms. The van der Waals surface area contributed by atoms with Crippen molar-refractivity contribution in [1.82, 2.24) is 25.4 Å². The van der Waals surface area contributed by atoms with Crippen LogP contribution in [0.3, 0.4) is 0 Å². The molecule has 1 fully saturated rings. The number of anilines is 1. The average molecular weight is 238 g/mol. The Morgan fingerprint density at radius 3 is 3.00 bits per heavy atom. The second kappa shape index (κ2) is 4.70. The van der Waals surface area contributed by atoms with Crippen LogP contribution in [0.15, 0.2) is 0 Å². The standard InChI is InChI=1S/C10H18N6O/c1-6-5-16(2)4-3-7(6)12-9(17)8-13-10(11)15-14-8/h6-7H,3-5H2,1-2H3,(H,12,17)(H3,11,13,14,15). The minimum absolute atomic E-state index is 0.0894. The number of rotatable bonds is 2. The van der Waals surface area contributed by atoms with Crippen LogP contribution in [0.1, 0.15) is 24.0 Å². The highest BCUT2D eigenvalue weighted by Crippen LogP contribution is 2.15. The predicted octanol–water partition coefficient (Wildman–Crippen LogP) is -0.543. The molecule has 0 spiro atoms. The van der Waals surface area contributed by atoms with Gasteiger partial charge in [0.1, 0.15) is 0 Å². The van der Waals surface area contributed by atoms with Gasteiger partial charge in [-0.2, -0.15) is 4.98 Å². The van der Waals surface area contributed by atoms with Crippen LogP contribution in [-0.4, -0.2) is 52.2 Å². The molecule has 7 heteroatoms. The lowest BCUT2D eigenvalue weighted by Gasteiger charge is -2.34. The number of aromatic amines is 1. The minimum atomic E-state index is -0.240. The smallest absolute Gasteiger partial charge is 0.288 e. The third-order valence-electron chi connectivity index (χ3n) is 3.14. The molecule has 2 heterocycles. The highest BCUT2D eigenvalue weighted by atomic mass is 16.2. The van der Waals surface area contributed by atoms with Crippen molar-refractivity contribution >= 4 is 11.9 Å². The molecule has 1 amide bonds. The third kappa shape index (κ3) is 2.73. The second-order valence-electron chi connectivity index (χ2n) is 4.65. The van der Waals surface area contributed by atoms with E-state index in [9.17, 15) is 4.79 Å². The summed E-state index contributed by atoms with van der Waals surface area (Å²) in [5.41, 5.74) is 5.35. The Kier molecular flexibility index (Phi) is 3.28. The van der Waals surface area contributed by atoms with Gasteiger partial charge in [-0.05, 0) is 25.9 Å². The predicted molar refractivity (Wildman–Crippen MR) is 63.3 cm³/mol. The molecule has 1 aromatic rings. The topological polar surface area (TPSA) is 99.9 Å². The summed E-state index contributed by atoms with van der Waals surface area (Å²) in [6.45, 7) is 4.12. The Labute approximate surface area is 99.8 Å². The van der Waals surface area contributed by atoms with Crippen molar-refractivity contribution in [3.63, 3.8) is 0 Å². The van der Waals surface area contributed by atoms with Gasteiger partial charge in [0, 0.05) is 12.6 Å². The normalized spacial score (nSPS) is 25.8. The molecule has 1 saturated heterocycles. The molecular formula is C10H18N6O. The van der Waals surface area contributed by atoms with Crippen LogP contribution in [0.25, 0.3) is 0 Å². The number of piperidine rings is 1. The highest BCUT2D eigenvalue weighted by Gasteiger charge is 2.26. The molecule has 94 valence electrons. The summed E-state index contributed by atoms with van der Waals surface area (Å²) in [7, 11) is 2.09. The zero-order valence-electron chi connectivity index (χ0n) is 10.1. The molecule has 1 aromatic heterocycles. The molecule has 4 N–H and O–H groups in total. The summed E-state index contributed by atoms with van der Waals surface area (Å²) in [6, 6.07) is 0.185. The monoisotopic (exact) mass is 238 g/mol. The first kappa shape index (κ1) is 11.8. The maximum atomic E-state index is 11.8. The maximum Gasteiger partial charge on any atom is 0.288 e. The molecule has 2 rings (SSSR count). The summed E-state index contributed by atoms with van der Waals surface area (Å²) in [5.74, 6) is 0.453. The van der Waals surface area contributed by atoms with E-state index in [1.807, 2.05) is 0 Å². The van der Waals surface area contributed by atoms with Crippen LogP contribution < -0.4 is 11.1 Å². The molecule has 0 radical (unpaired) electrons. The lowest BCUT2D eigenvalue weighted by molar-refractivity contribution is 0.0874. The number of H-pyrrole nitrogens is 1. The number of likely N-dealkylation sites (tertiary alicyclic amines) is 1. The van der Waals surface area contributed by atoms with Crippen molar-refractivity contribution in [3.8, 4) is 0 Å². The lowest BCUT2D eigenvalue weighted by atomic mass is 9.94. The molecular weight excluding hydrogens is 220 g/mol. The first-order chi connectivity index (χ1) is 8.06. The van der Waals surface area contributed by atoms with Crippen LogP contribution in [0.4, 0.5) is 5.95 Å².